The second-order valence-electron chi connectivity index (χ2n) is 4.13. The molecule has 2 unspecified atom stereocenters. The molecule has 72 valence electrons. The van der Waals surface area contributed by atoms with Gasteiger partial charge < -0.3 is 5.73 Å². The molecule has 2 rings (SSSR count). The molecule has 13 heavy (non-hydrogen) atoms. The fourth-order valence-electron chi connectivity index (χ4n) is 2.26. The minimum absolute atomic E-state index is 0.470. The number of nitrogens with two attached hydrogens (primary N) is 1. The van der Waals surface area contributed by atoms with Crippen molar-refractivity contribution < 1.29 is 0 Å². The highest BCUT2D eigenvalue weighted by molar-refractivity contribution is 7.07. The second-order valence-corrected chi connectivity index (χ2v) is 4.91. The van der Waals surface area contributed by atoms with Gasteiger partial charge in [-0.05, 0) is 47.6 Å². The minimum atomic E-state index is 0.470. The van der Waals surface area contributed by atoms with E-state index >= 15 is 0 Å². The number of hydrogen-bond acceptors (Lipinski definition) is 2. The van der Waals surface area contributed by atoms with Crippen molar-refractivity contribution in [3.05, 3.63) is 22.4 Å². The van der Waals surface area contributed by atoms with Crippen LogP contribution in [0.25, 0.3) is 0 Å². The Morgan fingerprint density at radius 2 is 2.38 bits per heavy atom. The van der Waals surface area contributed by atoms with Gasteiger partial charge in [-0.3, -0.25) is 0 Å². The maximum Gasteiger partial charge on any atom is 0.00415 e. The first-order valence-electron chi connectivity index (χ1n) is 5.11. The maximum atomic E-state index is 5.96. The third-order valence-electron chi connectivity index (χ3n) is 2.93. The first-order chi connectivity index (χ1) is 6.34. The zero-order chi connectivity index (χ0) is 9.10. The molecule has 1 saturated carbocycles. The molecule has 0 amide bonds. The van der Waals surface area contributed by atoms with Gasteiger partial charge in [0.25, 0.3) is 0 Å². The molecule has 0 bridgehead atoms. The van der Waals surface area contributed by atoms with Gasteiger partial charge in [0, 0.05) is 6.04 Å². The lowest BCUT2D eigenvalue weighted by molar-refractivity contribution is 0.321. The third-order valence-corrected chi connectivity index (χ3v) is 3.66. The highest BCUT2D eigenvalue weighted by atomic mass is 32.1. The van der Waals surface area contributed by atoms with Crippen LogP contribution >= 0.6 is 11.3 Å². The molecule has 0 saturated heterocycles. The van der Waals surface area contributed by atoms with Crippen LogP contribution in [0.1, 0.15) is 31.2 Å². The highest BCUT2D eigenvalue weighted by Crippen LogP contribution is 2.26. The molecular formula is C11H17NS. The van der Waals surface area contributed by atoms with Crippen LogP contribution in [0.3, 0.4) is 0 Å². The van der Waals surface area contributed by atoms with E-state index in [1.807, 2.05) is 0 Å². The Morgan fingerprint density at radius 3 is 3.08 bits per heavy atom. The molecule has 1 nitrogen and oxygen atoms in total. The summed E-state index contributed by atoms with van der Waals surface area (Å²) in [6.07, 6.45) is 6.42. The summed E-state index contributed by atoms with van der Waals surface area (Å²) >= 11 is 1.80. The van der Waals surface area contributed by atoms with E-state index in [0.29, 0.717) is 6.04 Å². The van der Waals surface area contributed by atoms with Crippen molar-refractivity contribution in [1.82, 2.24) is 0 Å². The average molecular weight is 195 g/mol. The van der Waals surface area contributed by atoms with Crippen molar-refractivity contribution in [2.75, 3.05) is 0 Å². The SMILES string of the molecule is NC1CCCC(Cc2ccsc2)C1. The van der Waals surface area contributed by atoms with Crippen molar-refractivity contribution in [3.8, 4) is 0 Å². The van der Waals surface area contributed by atoms with Gasteiger partial charge in [0.2, 0.25) is 0 Å². The summed E-state index contributed by atoms with van der Waals surface area (Å²) in [6, 6.07) is 2.71. The van der Waals surface area contributed by atoms with E-state index in [2.05, 4.69) is 16.8 Å². The Labute approximate surface area is 84.0 Å². The van der Waals surface area contributed by atoms with Crippen LogP contribution < -0.4 is 5.73 Å². The molecule has 2 N–H and O–H groups in total. The van der Waals surface area contributed by atoms with Crippen LogP contribution in [0.15, 0.2) is 16.8 Å². The Morgan fingerprint density at radius 1 is 1.46 bits per heavy atom. The van der Waals surface area contributed by atoms with Crippen LogP contribution in [-0.4, -0.2) is 6.04 Å². The Bertz CT molecular complexity index is 243. The van der Waals surface area contributed by atoms with E-state index in [4.69, 9.17) is 5.73 Å². The van der Waals surface area contributed by atoms with Crippen LogP contribution in [0, 0.1) is 5.92 Å². The normalized spacial score (nSPS) is 29.0. The molecule has 0 aromatic carbocycles. The summed E-state index contributed by atoms with van der Waals surface area (Å²) in [7, 11) is 0. The summed E-state index contributed by atoms with van der Waals surface area (Å²) in [4.78, 5) is 0. The van der Waals surface area contributed by atoms with Gasteiger partial charge >= 0.3 is 0 Å². The maximum absolute atomic E-state index is 5.96. The second kappa shape index (κ2) is 4.25. The lowest BCUT2D eigenvalue weighted by Crippen LogP contribution is -2.28. The van der Waals surface area contributed by atoms with Gasteiger partial charge in [-0.1, -0.05) is 12.8 Å². The van der Waals surface area contributed by atoms with Crippen molar-refractivity contribution >= 4 is 11.3 Å². The summed E-state index contributed by atoms with van der Waals surface area (Å²) in [5.41, 5.74) is 7.46. The fraction of sp³-hybridized carbons (Fsp3) is 0.636. The van der Waals surface area contributed by atoms with Crippen LogP contribution in [0.5, 0.6) is 0 Å². The molecule has 0 spiro atoms. The summed E-state index contributed by atoms with van der Waals surface area (Å²) in [6.45, 7) is 0. The Kier molecular flexibility index (Phi) is 3.01. The van der Waals surface area contributed by atoms with Crippen LogP contribution in [-0.2, 0) is 6.42 Å². The van der Waals surface area contributed by atoms with Gasteiger partial charge in [0.05, 0.1) is 0 Å². The number of thiophene rings is 1. The van der Waals surface area contributed by atoms with Crippen molar-refractivity contribution in [1.29, 1.82) is 0 Å². The molecule has 1 heterocycles. The van der Waals surface area contributed by atoms with Gasteiger partial charge in [-0.15, -0.1) is 0 Å². The minimum Gasteiger partial charge on any atom is -0.328 e. The smallest absolute Gasteiger partial charge is 0.00415 e. The average Bonchev–Trinajstić information content (AvgIpc) is 2.57. The first kappa shape index (κ1) is 9.22. The predicted molar refractivity (Wildman–Crippen MR) is 58.0 cm³/mol. The molecule has 1 aromatic heterocycles. The van der Waals surface area contributed by atoms with Gasteiger partial charge in [-0.25, -0.2) is 0 Å². The number of hydrogen-bond donors (Lipinski definition) is 1. The van der Waals surface area contributed by atoms with E-state index in [-0.39, 0.29) is 0 Å². The third kappa shape index (κ3) is 2.55. The highest BCUT2D eigenvalue weighted by Gasteiger charge is 2.19. The van der Waals surface area contributed by atoms with E-state index in [1.54, 1.807) is 11.3 Å². The molecule has 0 aliphatic heterocycles. The van der Waals surface area contributed by atoms with Crippen molar-refractivity contribution in [3.63, 3.8) is 0 Å². The topological polar surface area (TPSA) is 26.0 Å². The molecule has 1 aliphatic carbocycles. The van der Waals surface area contributed by atoms with Crippen molar-refractivity contribution in [2.24, 2.45) is 11.7 Å². The monoisotopic (exact) mass is 195 g/mol. The molecular weight excluding hydrogens is 178 g/mol. The van der Waals surface area contributed by atoms with Crippen molar-refractivity contribution in [2.45, 2.75) is 38.1 Å². The van der Waals surface area contributed by atoms with E-state index in [1.165, 1.54) is 37.7 Å². The summed E-state index contributed by atoms with van der Waals surface area (Å²) in [5, 5.41) is 4.43. The molecule has 2 heteroatoms. The molecule has 1 aliphatic rings. The van der Waals surface area contributed by atoms with E-state index in [0.717, 1.165) is 5.92 Å². The number of rotatable bonds is 2. The molecule has 0 radical (unpaired) electrons. The molecule has 1 aromatic rings. The lowest BCUT2D eigenvalue weighted by Gasteiger charge is -2.26. The van der Waals surface area contributed by atoms with Crippen LogP contribution in [0.2, 0.25) is 0 Å². The predicted octanol–water partition coefficient (Wildman–Crippen LogP) is 2.81. The molecule has 2 atom stereocenters. The Hall–Kier alpha value is -0.340. The van der Waals surface area contributed by atoms with E-state index in [9.17, 15) is 0 Å². The van der Waals surface area contributed by atoms with Crippen LogP contribution in [0.4, 0.5) is 0 Å². The first-order valence-corrected chi connectivity index (χ1v) is 6.05. The zero-order valence-electron chi connectivity index (χ0n) is 7.91. The van der Waals surface area contributed by atoms with Gasteiger partial charge in [0.15, 0.2) is 0 Å². The summed E-state index contributed by atoms with van der Waals surface area (Å²) in [5.74, 6) is 0.846. The largest absolute Gasteiger partial charge is 0.328 e. The zero-order valence-corrected chi connectivity index (χ0v) is 8.72. The van der Waals surface area contributed by atoms with Gasteiger partial charge in [0.1, 0.15) is 0 Å². The fourth-order valence-corrected chi connectivity index (χ4v) is 2.94. The summed E-state index contributed by atoms with van der Waals surface area (Å²) < 4.78 is 0. The quantitative estimate of drug-likeness (QED) is 0.771. The Balaban J connectivity index is 1.87. The van der Waals surface area contributed by atoms with Gasteiger partial charge in [-0.2, -0.15) is 11.3 Å². The lowest BCUT2D eigenvalue weighted by atomic mass is 9.83. The molecule has 1 fully saturated rings. The standard InChI is InChI=1S/C11H17NS/c12-11-3-1-2-9(7-11)6-10-4-5-13-8-10/h4-5,8-9,11H,1-3,6-7,12H2. The van der Waals surface area contributed by atoms with E-state index < -0.39 is 0 Å².